The molecule has 1 amide bonds. The van der Waals surface area contributed by atoms with E-state index in [-0.39, 0.29) is 5.69 Å². The number of anilines is 1. The molecule has 0 spiro atoms. The first-order valence-corrected chi connectivity index (χ1v) is 9.06. The Morgan fingerprint density at radius 3 is 2.50 bits per heavy atom. The Balaban J connectivity index is 1.66. The highest BCUT2D eigenvalue weighted by molar-refractivity contribution is 5.97. The SMILES string of the molecule is Cc1[nH]c(C(=O)O[C@H](C)C(=O)Nc2ccc3c(c2)OCCO3)c(C)c1[C@H](C)O. The van der Waals surface area contributed by atoms with E-state index >= 15 is 0 Å². The van der Waals surface area contributed by atoms with E-state index in [4.69, 9.17) is 14.2 Å². The minimum absolute atomic E-state index is 0.229. The fourth-order valence-electron chi connectivity index (χ4n) is 3.23. The first-order valence-electron chi connectivity index (χ1n) is 9.06. The maximum absolute atomic E-state index is 12.5. The molecule has 2 aromatic rings. The average Bonchev–Trinajstić information content (AvgIpc) is 2.96. The van der Waals surface area contributed by atoms with Crippen molar-refractivity contribution in [1.82, 2.24) is 4.98 Å². The zero-order chi connectivity index (χ0) is 20.4. The van der Waals surface area contributed by atoms with Crippen molar-refractivity contribution in [2.75, 3.05) is 18.5 Å². The zero-order valence-corrected chi connectivity index (χ0v) is 16.3. The monoisotopic (exact) mass is 388 g/mol. The van der Waals surface area contributed by atoms with Crippen LogP contribution in [0.1, 0.15) is 47.3 Å². The van der Waals surface area contributed by atoms with Crippen molar-refractivity contribution in [3.8, 4) is 11.5 Å². The van der Waals surface area contributed by atoms with Gasteiger partial charge in [-0.1, -0.05) is 0 Å². The van der Waals surface area contributed by atoms with Crippen LogP contribution in [0.3, 0.4) is 0 Å². The summed E-state index contributed by atoms with van der Waals surface area (Å²) < 4.78 is 16.2. The third kappa shape index (κ3) is 3.96. The number of hydrogen-bond donors (Lipinski definition) is 3. The molecule has 3 N–H and O–H groups in total. The highest BCUT2D eigenvalue weighted by Crippen LogP contribution is 2.32. The van der Waals surface area contributed by atoms with E-state index < -0.39 is 24.1 Å². The van der Waals surface area contributed by atoms with Gasteiger partial charge in [-0.25, -0.2) is 4.79 Å². The lowest BCUT2D eigenvalue weighted by molar-refractivity contribution is -0.123. The van der Waals surface area contributed by atoms with Crippen LogP contribution >= 0.6 is 0 Å². The molecule has 0 saturated carbocycles. The summed E-state index contributed by atoms with van der Waals surface area (Å²) in [5.41, 5.74) is 2.69. The molecule has 0 fully saturated rings. The van der Waals surface area contributed by atoms with Crippen LogP contribution in [0.5, 0.6) is 11.5 Å². The van der Waals surface area contributed by atoms with Gasteiger partial charge in [-0.2, -0.15) is 0 Å². The van der Waals surface area contributed by atoms with Gasteiger partial charge in [0.1, 0.15) is 18.9 Å². The van der Waals surface area contributed by atoms with Crippen LogP contribution in [-0.2, 0) is 9.53 Å². The van der Waals surface area contributed by atoms with Gasteiger partial charge in [-0.3, -0.25) is 4.79 Å². The molecular formula is C20H24N2O6. The van der Waals surface area contributed by atoms with Crippen molar-refractivity contribution in [1.29, 1.82) is 0 Å². The van der Waals surface area contributed by atoms with Crippen LogP contribution in [0.25, 0.3) is 0 Å². The predicted molar refractivity (Wildman–Crippen MR) is 102 cm³/mol. The molecule has 150 valence electrons. The number of ether oxygens (including phenoxy) is 3. The van der Waals surface area contributed by atoms with Crippen molar-refractivity contribution >= 4 is 17.6 Å². The Morgan fingerprint density at radius 2 is 1.86 bits per heavy atom. The normalized spacial score (nSPS) is 14.9. The highest BCUT2D eigenvalue weighted by atomic mass is 16.6. The number of aliphatic hydroxyl groups is 1. The predicted octanol–water partition coefficient (Wildman–Crippen LogP) is 2.64. The summed E-state index contributed by atoms with van der Waals surface area (Å²) in [5.74, 6) is 0.0473. The topological polar surface area (TPSA) is 110 Å². The highest BCUT2D eigenvalue weighted by Gasteiger charge is 2.25. The van der Waals surface area contributed by atoms with Gasteiger partial charge in [0.2, 0.25) is 0 Å². The third-order valence-corrected chi connectivity index (χ3v) is 4.58. The van der Waals surface area contributed by atoms with E-state index in [0.29, 0.717) is 47.2 Å². The fourth-order valence-corrected chi connectivity index (χ4v) is 3.23. The number of aromatic nitrogens is 1. The quantitative estimate of drug-likeness (QED) is 0.680. The summed E-state index contributed by atoms with van der Waals surface area (Å²) in [5, 5.41) is 12.5. The summed E-state index contributed by atoms with van der Waals surface area (Å²) in [6, 6.07) is 5.06. The van der Waals surface area contributed by atoms with Gasteiger partial charge in [0.25, 0.3) is 5.91 Å². The largest absolute Gasteiger partial charge is 0.486 e. The second kappa shape index (κ2) is 7.93. The Kier molecular flexibility index (Phi) is 5.60. The molecule has 0 bridgehead atoms. The summed E-state index contributed by atoms with van der Waals surface area (Å²) in [6.45, 7) is 7.54. The minimum atomic E-state index is -1.02. The molecule has 1 aliphatic rings. The number of aromatic amines is 1. The lowest BCUT2D eigenvalue weighted by Gasteiger charge is -2.19. The molecule has 0 radical (unpaired) electrons. The lowest BCUT2D eigenvalue weighted by atomic mass is 10.1. The number of hydrogen-bond acceptors (Lipinski definition) is 6. The molecule has 1 aromatic carbocycles. The molecular weight excluding hydrogens is 364 g/mol. The minimum Gasteiger partial charge on any atom is -0.486 e. The number of fused-ring (bicyclic) bond motifs is 1. The summed E-state index contributed by atoms with van der Waals surface area (Å²) in [4.78, 5) is 27.8. The molecule has 1 aromatic heterocycles. The molecule has 0 unspecified atom stereocenters. The second-order valence-electron chi connectivity index (χ2n) is 6.73. The molecule has 0 aliphatic carbocycles. The summed E-state index contributed by atoms with van der Waals surface area (Å²) in [7, 11) is 0. The van der Waals surface area contributed by atoms with Crippen molar-refractivity contribution in [2.45, 2.75) is 39.9 Å². The van der Waals surface area contributed by atoms with E-state index in [1.807, 2.05) is 0 Å². The van der Waals surface area contributed by atoms with Crippen LogP contribution in [0.15, 0.2) is 18.2 Å². The van der Waals surface area contributed by atoms with E-state index in [0.717, 1.165) is 0 Å². The molecule has 28 heavy (non-hydrogen) atoms. The van der Waals surface area contributed by atoms with Gasteiger partial charge in [-0.05, 0) is 45.4 Å². The zero-order valence-electron chi connectivity index (χ0n) is 16.3. The number of carbonyl (C=O) groups is 2. The van der Waals surface area contributed by atoms with Crippen molar-refractivity contribution in [2.24, 2.45) is 0 Å². The summed E-state index contributed by atoms with van der Waals surface area (Å²) in [6.07, 6.45) is -1.73. The summed E-state index contributed by atoms with van der Waals surface area (Å²) >= 11 is 0. The molecule has 8 nitrogen and oxygen atoms in total. The molecule has 2 heterocycles. The Labute approximate surface area is 162 Å². The smallest absolute Gasteiger partial charge is 0.355 e. The number of nitrogens with one attached hydrogen (secondary N) is 2. The van der Waals surface area contributed by atoms with E-state index in [9.17, 15) is 14.7 Å². The van der Waals surface area contributed by atoms with Gasteiger partial charge < -0.3 is 29.6 Å². The van der Waals surface area contributed by atoms with E-state index in [1.165, 1.54) is 6.92 Å². The molecule has 1 aliphatic heterocycles. The number of benzene rings is 1. The number of esters is 1. The van der Waals surface area contributed by atoms with E-state index in [2.05, 4.69) is 10.3 Å². The first-order chi connectivity index (χ1) is 13.3. The molecule has 0 saturated heterocycles. The lowest BCUT2D eigenvalue weighted by Crippen LogP contribution is -2.30. The van der Waals surface area contributed by atoms with Gasteiger partial charge in [0.05, 0.1) is 6.10 Å². The van der Waals surface area contributed by atoms with Gasteiger partial charge >= 0.3 is 5.97 Å². The number of rotatable bonds is 5. The van der Waals surface area contributed by atoms with Gasteiger partial charge in [0, 0.05) is 23.0 Å². The fraction of sp³-hybridized carbons (Fsp3) is 0.400. The van der Waals surface area contributed by atoms with E-state index in [1.54, 1.807) is 39.0 Å². The molecule has 8 heteroatoms. The standard InChI is InChI=1S/C20H24N2O6/c1-10-17(12(3)23)11(2)21-18(10)20(25)28-13(4)19(24)22-14-5-6-15-16(9-14)27-8-7-26-15/h5-6,9,12-13,21,23H,7-8H2,1-4H3,(H,22,24)/t12-,13+/m0/s1. The first kappa shape index (κ1) is 19.8. The maximum atomic E-state index is 12.5. The van der Waals surface area contributed by atoms with Crippen LogP contribution < -0.4 is 14.8 Å². The van der Waals surface area contributed by atoms with Crippen molar-refractivity contribution in [3.63, 3.8) is 0 Å². The number of aliphatic hydroxyl groups excluding tert-OH is 1. The number of carbonyl (C=O) groups excluding carboxylic acids is 2. The number of H-pyrrole nitrogens is 1. The van der Waals surface area contributed by atoms with Crippen LogP contribution in [0.2, 0.25) is 0 Å². The number of amides is 1. The second-order valence-corrected chi connectivity index (χ2v) is 6.73. The molecule has 3 rings (SSSR count). The number of aryl methyl sites for hydroxylation is 1. The Hall–Kier alpha value is -3.00. The average molecular weight is 388 g/mol. The van der Waals surface area contributed by atoms with Gasteiger partial charge in [0.15, 0.2) is 17.6 Å². The molecule has 2 atom stereocenters. The maximum Gasteiger partial charge on any atom is 0.355 e. The third-order valence-electron chi connectivity index (χ3n) is 4.58. The van der Waals surface area contributed by atoms with Crippen LogP contribution in [0, 0.1) is 13.8 Å². The Bertz CT molecular complexity index is 902. The van der Waals surface area contributed by atoms with Crippen molar-refractivity contribution < 1.29 is 28.9 Å². The van der Waals surface area contributed by atoms with Crippen LogP contribution in [0.4, 0.5) is 5.69 Å². The van der Waals surface area contributed by atoms with Gasteiger partial charge in [-0.15, -0.1) is 0 Å². The van der Waals surface area contributed by atoms with Crippen LogP contribution in [-0.4, -0.2) is 41.3 Å². The van der Waals surface area contributed by atoms with Crippen molar-refractivity contribution in [3.05, 3.63) is 40.7 Å². The Morgan fingerprint density at radius 1 is 1.18 bits per heavy atom.